The van der Waals surface area contributed by atoms with Crippen molar-refractivity contribution < 1.29 is 29.3 Å². The number of hydrogen-bond acceptors (Lipinski definition) is 6. The van der Waals surface area contributed by atoms with Gasteiger partial charge in [0.15, 0.2) is 11.6 Å². The minimum Gasteiger partial charge on any atom is -0.493 e. The van der Waals surface area contributed by atoms with Crippen LogP contribution in [0.1, 0.15) is 44.7 Å². The molecule has 2 aromatic carbocycles. The third-order valence-electron chi connectivity index (χ3n) is 4.12. The first kappa shape index (κ1) is 18.1. The van der Waals surface area contributed by atoms with Crippen molar-refractivity contribution in [3.63, 3.8) is 0 Å². The third-order valence-corrected chi connectivity index (χ3v) is 4.12. The van der Waals surface area contributed by atoms with Gasteiger partial charge in [-0.25, -0.2) is 0 Å². The molecule has 0 fully saturated rings. The number of ether oxygens (including phenoxy) is 2. The van der Waals surface area contributed by atoms with Crippen LogP contribution in [0, 0.1) is 0 Å². The van der Waals surface area contributed by atoms with Gasteiger partial charge in [0.25, 0.3) is 0 Å². The molecule has 0 amide bonds. The Bertz CT molecular complexity index is 758. The van der Waals surface area contributed by atoms with Crippen LogP contribution in [0.25, 0.3) is 0 Å². The van der Waals surface area contributed by atoms with Crippen LogP contribution in [0.2, 0.25) is 0 Å². The van der Waals surface area contributed by atoms with Crippen molar-refractivity contribution in [1.29, 1.82) is 0 Å². The fourth-order valence-electron chi connectivity index (χ4n) is 2.91. The van der Waals surface area contributed by atoms with E-state index < -0.39 is 0 Å². The normalized spacial score (nSPS) is 12.5. The van der Waals surface area contributed by atoms with E-state index in [0.717, 1.165) is 0 Å². The van der Waals surface area contributed by atoms with Crippen LogP contribution < -0.4 is 9.47 Å². The molecular formula is C20H20O6. The molecule has 0 atom stereocenters. The van der Waals surface area contributed by atoms with Gasteiger partial charge in [0.2, 0.25) is 0 Å². The maximum Gasteiger partial charge on any atom is 0.198 e. The fourth-order valence-corrected chi connectivity index (χ4v) is 2.91. The van der Waals surface area contributed by atoms with Crippen LogP contribution in [-0.2, 0) is 0 Å². The second kappa shape index (κ2) is 8.12. The summed E-state index contributed by atoms with van der Waals surface area (Å²) >= 11 is 0. The van der Waals surface area contributed by atoms with Crippen LogP contribution >= 0.6 is 0 Å². The predicted octanol–water partition coefficient (Wildman–Crippen LogP) is 1.98. The average molecular weight is 356 g/mol. The maximum atomic E-state index is 13.0. The van der Waals surface area contributed by atoms with Gasteiger partial charge in [0.1, 0.15) is 11.5 Å². The molecule has 1 aliphatic rings. The van der Waals surface area contributed by atoms with Gasteiger partial charge in [-0.1, -0.05) is 24.3 Å². The quantitative estimate of drug-likeness (QED) is 0.600. The fraction of sp³-hybridized carbons (Fsp3) is 0.300. The molecule has 136 valence electrons. The Labute approximate surface area is 151 Å². The predicted molar refractivity (Wildman–Crippen MR) is 94.1 cm³/mol. The van der Waals surface area contributed by atoms with E-state index in [4.69, 9.17) is 19.7 Å². The van der Waals surface area contributed by atoms with Crippen molar-refractivity contribution in [3.05, 3.63) is 58.7 Å². The van der Waals surface area contributed by atoms with Crippen molar-refractivity contribution >= 4 is 11.6 Å². The highest BCUT2D eigenvalue weighted by Crippen LogP contribution is 2.37. The van der Waals surface area contributed by atoms with Crippen molar-refractivity contribution in [2.45, 2.75) is 12.8 Å². The van der Waals surface area contributed by atoms with E-state index in [9.17, 15) is 9.59 Å². The van der Waals surface area contributed by atoms with Crippen molar-refractivity contribution in [2.75, 3.05) is 26.4 Å². The SMILES string of the molecule is O=C1c2cccc(OCCCO)c2C(=O)c2cccc(OCCCO)c21. The molecule has 0 saturated carbocycles. The molecule has 0 aromatic heterocycles. The summed E-state index contributed by atoms with van der Waals surface area (Å²) in [6.07, 6.45) is 0.872. The highest BCUT2D eigenvalue weighted by Gasteiger charge is 2.34. The van der Waals surface area contributed by atoms with Gasteiger partial charge >= 0.3 is 0 Å². The second-order valence-corrected chi connectivity index (χ2v) is 5.87. The number of aliphatic hydroxyl groups is 2. The standard InChI is InChI=1S/C20H20O6/c21-9-3-11-25-15-7-1-5-13-17(15)20(24)14-6-2-8-16(18(14)19(13)23)26-12-4-10-22/h1-2,5-8,21-22H,3-4,9-12H2. The van der Waals surface area contributed by atoms with Gasteiger partial charge in [-0.3, -0.25) is 9.59 Å². The maximum absolute atomic E-state index is 13.0. The Balaban J connectivity index is 2.00. The van der Waals surface area contributed by atoms with Gasteiger partial charge in [0, 0.05) is 37.2 Å². The van der Waals surface area contributed by atoms with E-state index in [0.29, 0.717) is 24.3 Å². The molecule has 3 rings (SSSR count). The summed E-state index contributed by atoms with van der Waals surface area (Å²) in [5.41, 5.74) is 1.05. The molecule has 0 saturated heterocycles. The molecular weight excluding hydrogens is 336 g/mol. The summed E-state index contributed by atoms with van der Waals surface area (Å²) in [5, 5.41) is 17.8. The lowest BCUT2D eigenvalue weighted by Crippen LogP contribution is -2.23. The highest BCUT2D eigenvalue weighted by molar-refractivity contribution is 6.30. The van der Waals surface area contributed by atoms with Gasteiger partial charge in [-0.2, -0.15) is 0 Å². The average Bonchev–Trinajstić information content (AvgIpc) is 2.66. The number of rotatable bonds is 8. The zero-order chi connectivity index (χ0) is 18.5. The van der Waals surface area contributed by atoms with Crippen LogP contribution in [0.5, 0.6) is 11.5 Å². The van der Waals surface area contributed by atoms with Crippen LogP contribution in [0.15, 0.2) is 36.4 Å². The number of ketones is 2. The number of hydrogen-bond donors (Lipinski definition) is 2. The van der Waals surface area contributed by atoms with Gasteiger partial charge in [-0.05, 0) is 12.1 Å². The van der Waals surface area contributed by atoms with Crippen molar-refractivity contribution in [1.82, 2.24) is 0 Å². The summed E-state index contributed by atoms with van der Waals surface area (Å²) in [6.45, 7) is 0.482. The Morgan fingerprint density at radius 1 is 0.692 bits per heavy atom. The molecule has 0 radical (unpaired) electrons. The molecule has 2 aromatic rings. The largest absolute Gasteiger partial charge is 0.493 e. The lowest BCUT2D eigenvalue weighted by Gasteiger charge is -2.22. The molecule has 0 unspecified atom stereocenters. The zero-order valence-corrected chi connectivity index (χ0v) is 14.2. The lowest BCUT2D eigenvalue weighted by molar-refractivity contribution is 0.0971. The molecule has 0 aliphatic heterocycles. The molecule has 2 N–H and O–H groups in total. The number of benzene rings is 2. The first-order valence-electron chi connectivity index (χ1n) is 8.51. The zero-order valence-electron chi connectivity index (χ0n) is 14.2. The van der Waals surface area contributed by atoms with Gasteiger partial charge < -0.3 is 19.7 Å². The van der Waals surface area contributed by atoms with E-state index in [2.05, 4.69) is 0 Å². The monoisotopic (exact) mass is 356 g/mol. The van der Waals surface area contributed by atoms with Crippen LogP contribution in [0.3, 0.4) is 0 Å². The molecule has 6 nitrogen and oxygen atoms in total. The Morgan fingerprint density at radius 3 is 1.50 bits per heavy atom. The third kappa shape index (κ3) is 3.34. The minimum atomic E-state index is -0.290. The van der Waals surface area contributed by atoms with E-state index in [1.807, 2.05) is 0 Å². The molecule has 0 bridgehead atoms. The topological polar surface area (TPSA) is 93.1 Å². The number of carbonyl (C=O) groups excluding carboxylic acids is 2. The number of aliphatic hydroxyl groups excluding tert-OH is 2. The number of fused-ring (bicyclic) bond motifs is 2. The van der Waals surface area contributed by atoms with E-state index in [-0.39, 0.29) is 60.2 Å². The Hall–Kier alpha value is -2.70. The summed E-state index contributed by atoms with van der Waals surface area (Å²) in [5.74, 6) is 0.0988. The van der Waals surface area contributed by atoms with Gasteiger partial charge in [0.05, 0.1) is 24.3 Å². The molecule has 6 heteroatoms. The van der Waals surface area contributed by atoms with Crippen LogP contribution in [0.4, 0.5) is 0 Å². The van der Waals surface area contributed by atoms with Crippen molar-refractivity contribution in [3.8, 4) is 11.5 Å². The van der Waals surface area contributed by atoms with Gasteiger partial charge in [-0.15, -0.1) is 0 Å². The summed E-state index contributed by atoms with van der Waals surface area (Å²) in [4.78, 5) is 26.0. The van der Waals surface area contributed by atoms with E-state index in [1.54, 1.807) is 36.4 Å². The lowest BCUT2D eigenvalue weighted by atomic mass is 9.83. The molecule has 0 spiro atoms. The Kier molecular flexibility index (Phi) is 5.65. The van der Waals surface area contributed by atoms with Crippen molar-refractivity contribution in [2.24, 2.45) is 0 Å². The summed E-state index contributed by atoms with van der Waals surface area (Å²) in [6, 6.07) is 9.82. The molecule has 26 heavy (non-hydrogen) atoms. The Morgan fingerprint density at radius 2 is 1.12 bits per heavy atom. The first-order chi connectivity index (χ1) is 12.7. The number of carbonyl (C=O) groups is 2. The van der Waals surface area contributed by atoms with E-state index in [1.165, 1.54) is 0 Å². The van der Waals surface area contributed by atoms with E-state index >= 15 is 0 Å². The highest BCUT2D eigenvalue weighted by atomic mass is 16.5. The minimum absolute atomic E-state index is 0.0146. The molecule has 0 heterocycles. The molecule has 1 aliphatic carbocycles. The summed E-state index contributed by atoms with van der Waals surface area (Å²) in [7, 11) is 0. The first-order valence-corrected chi connectivity index (χ1v) is 8.51. The van der Waals surface area contributed by atoms with Crippen LogP contribution in [-0.4, -0.2) is 48.2 Å². The smallest absolute Gasteiger partial charge is 0.198 e. The second-order valence-electron chi connectivity index (χ2n) is 5.87. The summed E-state index contributed by atoms with van der Waals surface area (Å²) < 4.78 is 11.2.